The second-order valence-electron chi connectivity index (χ2n) is 6.22. The molecular weight excluding hydrogens is 300 g/mol. The van der Waals surface area contributed by atoms with Crippen LogP contribution in [-0.4, -0.2) is 32.1 Å². The summed E-state index contributed by atoms with van der Waals surface area (Å²) in [5.41, 5.74) is 1.07. The zero-order valence-corrected chi connectivity index (χ0v) is 15.3. The maximum Gasteiger partial charge on any atom is 0.161 e. The number of unbranched alkanes of at least 4 members (excludes halogenated alkanes) is 6. The summed E-state index contributed by atoms with van der Waals surface area (Å²) < 4.78 is 11.7. The third-order valence-electron chi connectivity index (χ3n) is 4.20. The van der Waals surface area contributed by atoms with Gasteiger partial charge in [-0.1, -0.05) is 45.4 Å². The zero-order valence-electron chi connectivity index (χ0n) is 15.3. The van der Waals surface area contributed by atoms with Crippen molar-refractivity contribution in [1.82, 2.24) is 5.32 Å². The first-order valence-electron chi connectivity index (χ1n) is 9.53. The van der Waals surface area contributed by atoms with Crippen LogP contribution < -0.4 is 14.8 Å². The number of amidine groups is 1. The Morgan fingerprint density at radius 3 is 2.46 bits per heavy atom. The molecule has 0 aromatic heterocycles. The summed E-state index contributed by atoms with van der Waals surface area (Å²) in [6, 6.07) is 6.09. The van der Waals surface area contributed by atoms with Gasteiger partial charge in [0.1, 0.15) is 5.84 Å². The molecule has 1 aromatic rings. The average Bonchev–Trinajstić information content (AvgIpc) is 3.13. The maximum absolute atomic E-state index is 5.95. The van der Waals surface area contributed by atoms with E-state index in [2.05, 4.69) is 23.3 Å². The fourth-order valence-electron chi connectivity index (χ4n) is 2.88. The SMILES string of the molecule is CCCCCCCCCOc1ccc(C2=NCCN2)cc1OCC. The fourth-order valence-corrected chi connectivity index (χ4v) is 2.88. The first-order valence-corrected chi connectivity index (χ1v) is 9.53. The summed E-state index contributed by atoms with van der Waals surface area (Å²) in [5.74, 6) is 2.61. The molecule has 0 spiro atoms. The van der Waals surface area contributed by atoms with Gasteiger partial charge in [-0.2, -0.15) is 0 Å². The number of aliphatic imine (C=N–C) groups is 1. The first-order chi connectivity index (χ1) is 11.8. The molecule has 134 valence electrons. The summed E-state index contributed by atoms with van der Waals surface area (Å²) >= 11 is 0. The molecule has 0 radical (unpaired) electrons. The van der Waals surface area contributed by atoms with E-state index in [0.717, 1.165) is 49.0 Å². The van der Waals surface area contributed by atoms with Crippen LogP contribution in [0.3, 0.4) is 0 Å². The van der Waals surface area contributed by atoms with Gasteiger partial charge in [0.05, 0.1) is 19.8 Å². The average molecular weight is 332 g/mol. The van der Waals surface area contributed by atoms with Gasteiger partial charge in [0.25, 0.3) is 0 Å². The Morgan fingerprint density at radius 1 is 0.958 bits per heavy atom. The van der Waals surface area contributed by atoms with Gasteiger partial charge in [0.15, 0.2) is 11.5 Å². The van der Waals surface area contributed by atoms with Crippen LogP contribution in [0.5, 0.6) is 11.5 Å². The second-order valence-corrected chi connectivity index (χ2v) is 6.22. The molecule has 0 fully saturated rings. The predicted octanol–water partition coefficient (Wildman–Crippen LogP) is 4.56. The molecule has 0 saturated heterocycles. The molecule has 0 aliphatic carbocycles. The van der Waals surface area contributed by atoms with Gasteiger partial charge in [-0.3, -0.25) is 4.99 Å². The minimum Gasteiger partial charge on any atom is -0.490 e. The molecular formula is C20H32N2O2. The van der Waals surface area contributed by atoms with E-state index in [0.29, 0.717) is 6.61 Å². The Balaban J connectivity index is 1.79. The van der Waals surface area contributed by atoms with Crippen LogP contribution in [0.25, 0.3) is 0 Å². The van der Waals surface area contributed by atoms with E-state index in [1.165, 1.54) is 38.5 Å². The van der Waals surface area contributed by atoms with Crippen molar-refractivity contribution >= 4 is 5.84 Å². The standard InChI is InChI=1S/C20H32N2O2/c1-3-5-6-7-8-9-10-15-24-18-12-11-17(16-19(18)23-4-2)20-21-13-14-22-20/h11-12,16H,3-10,13-15H2,1-2H3,(H,21,22). The van der Waals surface area contributed by atoms with Crippen LogP contribution in [0, 0.1) is 0 Å². The van der Waals surface area contributed by atoms with Crippen LogP contribution >= 0.6 is 0 Å². The Morgan fingerprint density at radius 2 is 1.75 bits per heavy atom. The van der Waals surface area contributed by atoms with Crippen LogP contribution in [0.4, 0.5) is 0 Å². The van der Waals surface area contributed by atoms with E-state index >= 15 is 0 Å². The Hall–Kier alpha value is -1.71. The van der Waals surface area contributed by atoms with Crippen LogP contribution in [0.2, 0.25) is 0 Å². The lowest BCUT2D eigenvalue weighted by Crippen LogP contribution is -2.19. The Bertz CT molecular complexity index is 514. The van der Waals surface area contributed by atoms with Crippen molar-refractivity contribution in [2.45, 2.75) is 58.8 Å². The Kier molecular flexibility index (Phi) is 8.50. The fraction of sp³-hybridized carbons (Fsp3) is 0.650. The summed E-state index contributed by atoms with van der Waals surface area (Å²) in [6.07, 6.45) is 9.04. The number of benzene rings is 1. The number of hydrogen-bond donors (Lipinski definition) is 1. The lowest BCUT2D eigenvalue weighted by molar-refractivity contribution is 0.270. The Labute approximate surface area is 146 Å². The molecule has 4 nitrogen and oxygen atoms in total. The van der Waals surface area contributed by atoms with E-state index in [1.807, 2.05) is 19.1 Å². The number of ether oxygens (including phenoxy) is 2. The lowest BCUT2D eigenvalue weighted by atomic mass is 10.1. The minimum absolute atomic E-state index is 0.636. The highest BCUT2D eigenvalue weighted by atomic mass is 16.5. The number of nitrogens with zero attached hydrogens (tertiary/aromatic N) is 1. The molecule has 0 amide bonds. The van der Waals surface area contributed by atoms with Crippen molar-refractivity contribution < 1.29 is 9.47 Å². The summed E-state index contributed by atoms with van der Waals surface area (Å²) in [6.45, 7) is 7.40. The molecule has 4 heteroatoms. The van der Waals surface area contributed by atoms with Crippen molar-refractivity contribution in [2.24, 2.45) is 4.99 Å². The van der Waals surface area contributed by atoms with E-state index in [9.17, 15) is 0 Å². The molecule has 0 atom stereocenters. The molecule has 0 saturated carbocycles. The number of hydrogen-bond acceptors (Lipinski definition) is 4. The first kappa shape index (κ1) is 18.6. The van der Waals surface area contributed by atoms with Crippen LogP contribution in [0.1, 0.15) is 64.4 Å². The van der Waals surface area contributed by atoms with Gasteiger partial charge in [0, 0.05) is 12.1 Å². The van der Waals surface area contributed by atoms with Crippen molar-refractivity contribution in [2.75, 3.05) is 26.3 Å². The molecule has 1 N–H and O–H groups in total. The second kappa shape index (κ2) is 11.0. The maximum atomic E-state index is 5.95. The number of rotatable bonds is 12. The third-order valence-corrected chi connectivity index (χ3v) is 4.20. The molecule has 2 rings (SSSR count). The lowest BCUT2D eigenvalue weighted by Gasteiger charge is -2.13. The van der Waals surface area contributed by atoms with E-state index in [1.54, 1.807) is 0 Å². The van der Waals surface area contributed by atoms with Gasteiger partial charge >= 0.3 is 0 Å². The molecule has 1 aliphatic heterocycles. The van der Waals surface area contributed by atoms with Crippen molar-refractivity contribution in [3.63, 3.8) is 0 Å². The monoisotopic (exact) mass is 332 g/mol. The van der Waals surface area contributed by atoms with Gasteiger partial charge in [0.2, 0.25) is 0 Å². The molecule has 1 heterocycles. The minimum atomic E-state index is 0.636. The van der Waals surface area contributed by atoms with Crippen LogP contribution in [0.15, 0.2) is 23.2 Å². The van der Waals surface area contributed by atoms with Crippen molar-refractivity contribution in [3.8, 4) is 11.5 Å². The third kappa shape index (κ3) is 6.06. The molecule has 24 heavy (non-hydrogen) atoms. The quantitative estimate of drug-likeness (QED) is 0.570. The van der Waals surface area contributed by atoms with E-state index in [4.69, 9.17) is 9.47 Å². The molecule has 0 unspecified atom stereocenters. The predicted molar refractivity (Wildman–Crippen MR) is 101 cm³/mol. The van der Waals surface area contributed by atoms with Gasteiger partial charge < -0.3 is 14.8 Å². The van der Waals surface area contributed by atoms with Gasteiger partial charge in [-0.05, 0) is 31.5 Å². The van der Waals surface area contributed by atoms with E-state index in [-0.39, 0.29) is 0 Å². The topological polar surface area (TPSA) is 42.8 Å². The summed E-state index contributed by atoms with van der Waals surface area (Å²) in [5, 5.41) is 3.30. The zero-order chi connectivity index (χ0) is 17.0. The normalized spacial score (nSPS) is 13.5. The summed E-state index contributed by atoms with van der Waals surface area (Å²) in [4.78, 5) is 4.46. The largest absolute Gasteiger partial charge is 0.490 e. The van der Waals surface area contributed by atoms with Crippen LogP contribution in [-0.2, 0) is 0 Å². The molecule has 1 aliphatic rings. The highest BCUT2D eigenvalue weighted by molar-refractivity contribution is 6.00. The van der Waals surface area contributed by atoms with Crippen molar-refractivity contribution in [1.29, 1.82) is 0 Å². The highest BCUT2D eigenvalue weighted by Crippen LogP contribution is 2.29. The van der Waals surface area contributed by atoms with E-state index < -0.39 is 0 Å². The molecule has 1 aromatic carbocycles. The summed E-state index contributed by atoms with van der Waals surface area (Å²) in [7, 11) is 0. The highest BCUT2D eigenvalue weighted by Gasteiger charge is 2.12. The van der Waals surface area contributed by atoms with Gasteiger partial charge in [-0.15, -0.1) is 0 Å². The van der Waals surface area contributed by atoms with Crippen molar-refractivity contribution in [3.05, 3.63) is 23.8 Å². The molecule has 0 bridgehead atoms. The smallest absolute Gasteiger partial charge is 0.161 e. The number of nitrogens with one attached hydrogen (secondary N) is 1. The van der Waals surface area contributed by atoms with Gasteiger partial charge in [-0.25, -0.2) is 0 Å².